The molecule has 2 nitrogen and oxygen atoms in total. The lowest BCUT2D eigenvalue weighted by molar-refractivity contribution is 0.153. The number of aliphatic hydroxyl groups is 2. The topological polar surface area (TPSA) is 40.5 Å². The zero-order chi connectivity index (χ0) is 5.70. The Labute approximate surface area is 51.3 Å². The first kappa shape index (κ1) is 7.40. The van der Waals surface area contributed by atoms with Gasteiger partial charge in [-0.05, 0) is 6.42 Å². The summed E-state index contributed by atoms with van der Waals surface area (Å²) in [5.41, 5.74) is 0. The highest BCUT2D eigenvalue weighted by molar-refractivity contribution is 9.09. The van der Waals surface area contributed by atoms with Crippen LogP contribution in [0, 0.1) is 0 Å². The van der Waals surface area contributed by atoms with Crippen LogP contribution in [0.3, 0.4) is 0 Å². The van der Waals surface area contributed by atoms with Crippen molar-refractivity contribution in [3.8, 4) is 0 Å². The molecular formula is C4H9BrO2. The SMILES string of the molecule is OCCC(O)CBr. The lowest BCUT2D eigenvalue weighted by atomic mass is 10.3. The van der Waals surface area contributed by atoms with Gasteiger partial charge >= 0.3 is 0 Å². The van der Waals surface area contributed by atoms with Gasteiger partial charge in [0.25, 0.3) is 0 Å². The molecule has 0 aromatic carbocycles. The molecule has 0 aliphatic rings. The van der Waals surface area contributed by atoms with E-state index in [4.69, 9.17) is 10.2 Å². The normalized spacial score (nSPS) is 14.1. The van der Waals surface area contributed by atoms with E-state index >= 15 is 0 Å². The maximum atomic E-state index is 8.65. The summed E-state index contributed by atoms with van der Waals surface area (Å²) in [6.07, 6.45) is 0.0793. The second-order valence-electron chi connectivity index (χ2n) is 1.32. The third kappa shape index (κ3) is 4.25. The Morgan fingerprint density at radius 3 is 2.29 bits per heavy atom. The first-order chi connectivity index (χ1) is 3.31. The Hall–Kier alpha value is 0.400. The Morgan fingerprint density at radius 2 is 2.14 bits per heavy atom. The van der Waals surface area contributed by atoms with Crippen molar-refractivity contribution in [3.63, 3.8) is 0 Å². The highest BCUT2D eigenvalue weighted by Crippen LogP contribution is 1.93. The number of alkyl halides is 1. The second kappa shape index (κ2) is 4.56. The predicted molar refractivity (Wildman–Crippen MR) is 31.5 cm³/mol. The van der Waals surface area contributed by atoms with Gasteiger partial charge in [-0.25, -0.2) is 0 Å². The van der Waals surface area contributed by atoms with E-state index < -0.39 is 0 Å². The molecular weight excluding hydrogens is 160 g/mol. The summed E-state index contributed by atoms with van der Waals surface area (Å²) in [7, 11) is 0. The number of halogens is 1. The van der Waals surface area contributed by atoms with Gasteiger partial charge in [0.15, 0.2) is 0 Å². The van der Waals surface area contributed by atoms with E-state index in [2.05, 4.69) is 15.9 Å². The van der Waals surface area contributed by atoms with Crippen LogP contribution in [0.15, 0.2) is 0 Å². The summed E-state index contributed by atoms with van der Waals surface area (Å²) in [6, 6.07) is 0. The quantitative estimate of drug-likeness (QED) is 0.589. The maximum Gasteiger partial charge on any atom is 0.0658 e. The van der Waals surface area contributed by atoms with Gasteiger partial charge in [0.05, 0.1) is 6.10 Å². The van der Waals surface area contributed by atoms with Crippen molar-refractivity contribution in [2.75, 3.05) is 11.9 Å². The number of hydrogen-bond acceptors (Lipinski definition) is 2. The molecule has 0 aromatic heterocycles. The fraction of sp³-hybridized carbons (Fsp3) is 1.00. The minimum Gasteiger partial charge on any atom is -0.396 e. The van der Waals surface area contributed by atoms with Crippen molar-refractivity contribution >= 4 is 15.9 Å². The van der Waals surface area contributed by atoms with Crippen LogP contribution < -0.4 is 0 Å². The van der Waals surface area contributed by atoms with Crippen LogP contribution >= 0.6 is 15.9 Å². The summed E-state index contributed by atoms with van der Waals surface area (Å²) >= 11 is 3.05. The lowest BCUT2D eigenvalue weighted by Crippen LogP contribution is -2.09. The molecule has 0 saturated heterocycles. The Bertz CT molecular complexity index is 40.7. The van der Waals surface area contributed by atoms with Crippen LogP contribution in [0.2, 0.25) is 0 Å². The molecule has 3 heteroatoms. The third-order valence-electron chi connectivity index (χ3n) is 0.640. The van der Waals surface area contributed by atoms with Gasteiger partial charge in [-0.15, -0.1) is 0 Å². The van der Waals surface area contributed by atoms with E-state index in [9.17, 15) is 0 Å². The van der Waals surface area contributed by atoms with Crippen molar-refractivity contribution in [2.45, 2.75) is 12.5 Å². The van der Waals surface area contributed by atoms with Gasteiger partial charge in [0.2, 0.25) is 0 Å². The molecule has 2 N–H and O–H groups in total. The fourth-order valence-corrected chi connectivity index (χ4v) is 0.550. The van der Waals surface area contributed by atoms with Crippen LogP contribution in [0.25, 0.3) is 0 Å². The molecule has 0 amide bonds. The van der Waals surface area contributed by atoms with Gasteiger partial charge in [-0.3, -0.25) is 0 Å². The molecule has 1 unspecified atom stereocenters. The van der Waals surface area contributed by atoms with Crippen molar-refractivity contribution in [1.29, 1.82) is 0 Å². The molecule has 0 aromatic rings. The molecule has 0 radical (unpaired) electrons. The van der Waals surface area contributed by atoms with Gasteiger partial charge in [0, 0.05) is 11.9 Å². The standard InChI is InChI=1S/C4H9BrO2/c5-3-4(7)1-2-6/h4,6-7H,1-3H2. The highest BCUT2D eigenvalue weighted by Gasteiger charge is 1.96. The second-order valence-corrected chi connectivity index (χ2v) is 1.97. The van der Waals surface area contributed by atoms with E-state index in [-0.39, 0.29) is 12.7 Å². The summed E-state index contributed by atoms with van der Waals surface area (Å²) < 4.78 is 0. The summed E-state index contributed by atoms with van der Waals surface area (Å²) in [5.74, 6) is 0. The molecule has 0 heterocycles. The summed E-state index contributed by atoms with van der Waals surface area (Å²) in [6.45, 7) is 0.0623. The molecule has 7 heavy (non-hydrogen) atoms. The van der Waals surface area contributed by atoms with E-state index in [0.29, 0.717) is 11.8 Å². The van der Waals surface area contributed by atoms with Gasteiger partial charge in [-0.1, -0.05) is 15.9 Å². The highest BCUT2D eigenvalue weighted by atomic mass is 79.9. The van der Waals surface area contributed by atoms with Crippen molar-refractivity contribution in [1.82, 2.24) is 0 Å². The minimum absolute atomic E-state index is 0.0623. The Balaban J connectivity index is 2.83. The molecule has 1 atom stereocenters. The van der Waals surface area contributed by atoms with Crippen molar-refractivity contribution in [2.24, 2.45) is 0 Å². The van der Waals surface area contributed by atoms with Crippen LogP contribution in [0.4, 0.5) is 0 Å². The van der Waals surface area contributed by atoms with Crippen LogP contribution in [0.1, 0.15) is 6.42 Å². The fourth-order valence-electron chi connectivity index (χ4n) is 0.226. The van der Waals surface area contributed by atoms with E-state index in [0.717, 1.165) is 0 Å². The van der Waals surface area contributed by atoms with Crippen LogP contribution in [-0.2, 0) is 0 Å². The average Bonchev–Trinajstić information content (AvgIpc) is 1.68. The molecule has 0 rings (SSSR count). The van der Waals surface area contributed by atoms with Crippen LogP contribution in [-0.4, -0.2) is 28.3 Å². The Kier molecular flexibility index (Phi) is 4.82. The molecule has 0 spiro atoms. The molecule has 0 bridgehead atoms. The van der Waals surface area contributed by atoms with Gasteiger partial charge in [0.1, 0.15) is 0 Å². The lowest BCUT2D eigenvalue weighted by Gasteiger charge is -2.00. The zero-order valence-corrected chi connectivity index (χ0v) is 5.56. The van der Waals surface area contributed by atoms with Gasteiger partial charge < -0.3 is 10.2 Å². The smallest absolute Gasteiger partial charge is 0.0658 e. The Morgan fingerprint density at radius 1 is 1.57 bits per heavy atom. The zero-order valence-electron chi connectivity index (χ0n) is 3.97. The van der Waals surface area contributed by atoms with E-state index in [1.54, 1.807) is 0 Å². The van der Waals surface area contributed by atoms with Crippen LogP contribution in [0.5, 0.6) is 0 Å². The molecule has 44 valence electrons. The third-order valence-corrected chi connectivity index (χ3v) is 1.39. The van der Waals surface area contributed by atoms with Crippen molar-refractivity contribution < 1.29 is 10.2 Å². The molecule has 0 saturated carbocycles. The van der Waals surface area contributed by atoms with Crippen molar-refractivity contribution in [3.05, 3.63) is 0 Å². The molecule has 0 aliphatic heterocycles. The average molecular weight is 169 g/mol. The number of rotatable bonds is 3. The summed E-state index contributed by atoms with van der Waals surface area (Å²) in [4.78, 5) is 0. The maximum absolute atomic E-state index is 8.65. The predicted octanol–water partition coefficient (Wildman–Crippen LogP) is 0.125. The molecule has 0 aliphatic carbocycles. The minimum atomic E-state index is -0.384. The first-order valence-electron chi connectivity index (χ1n) is 2.16. The number of hydrogen-bond donors (Lipinski definition) is 2. The van der Waals surface area contributed by atoms with E-state index in [1.165, 1.54) is 0 Å². The van der Waals surface area contributed by atoms with E-state index in [1.807, 2.05) is 0 Å². The first-order valence-corrected chi connectivity index (χ1v) is 3.28. The largest absolute Gasteiger partial charge is 0.396 e. The molecule has 0 fully saturated rings. The monoisotopic (exact) mass is 168 g/mol. The summed E-state index contributed by atoms with van der Waals surface area (Å²) in [5, 5.41) is 17.4. The number of aliphatic hydroxyl groups excluding tert-OH is 2. The van der Waals surface area contributed by atoms with Gasteiger partial charge in [-0.2, -0.15) is 0 Å².